The van der Waals surface area contributed by atoms with Crippen molar-refractivity contribution < 1.29 is 9.13 Å². The Bertz CT molecular complexity index is 6080. The van der Waals surface area contributed by atoms with Crippen molar-refractivity contribution in [2.24, 2.45) is 0 Å². The van der Waals surface area contributed by atoms with Crippen molar-refractivity contribution in [2.75, 3.05) is 0 Å². The Labute approximate surface area is 629 Å². The predicted octanol–water partition coefficient (Wildman–Crippen LogP) is 23.2. The third-order valence-corrected chi connectivity index (χ3v) is 26.1. The van der Waals surface area contributed by atoms with E-state index >= 15 is 0 Å². The van der Waals surface area contributed by atoms with Crippen LogP contribution in [0.2, 0.25) is 0 Å². The summed E-state index contributed by atoms with van der Waals surface area (Å²) in [5.41, 5.74) is 18.7. The molecule has 0 aliphatic carbocycles. The summed E-state index contributed by atoms with van der Waals surface area (Å²) in [6.07, 6.45) is 0. The Morgan fingerprint density at radius 3 is 0.778 bits per heavy atom. The second-order valence-electron chi connectivity index (χ2n) is 26.7. The largest absolute Gasteiger partial charge is 0.309 e. The lowest BCUT2D eigenvalue weighted by atomic mass is 9.95. The molecule has 18 aromatic rings. The summed E-state index contributed by atoms with van der Waals surface area (Å²) >= 11 is 0. The summed E-state index contributed by atoms with van der Waals surface area (Å²) < 4.78 is 29.7. The topological polar surface area (TPSA) is 85.7 Å². The number of fused-ring (bicyclic) bond motifs is 2. The first kappa shape index (κ1) is 67.8. The molecular formula is C100H70N4O2P2. The van der Waals surface area contributed by atoms with Gasteiger partial charge in [-0.3, -0.25) is 0 Å². The molecule has 6 nitrogen and oxygen atoms in total. The van der Waals surface area contributed by atoms with Crippen LogP contribution in [-0.4, -0.2) is 19.9 Å². The number of aromatic nitrogens is 4. The number of nitrogens with zero attached hydrogens (tertiary/aromatic N) is 4. The van der Waals surface area contributed by atoms with E-state index in [1.165, 1.54) is 16.2 Å². The van der Waals surface area contributed by atoms with Crippen molar-refractivity contribution in [3.05, 3.63) is 425 Å². The molecule has 0 N–H and O–H groups in total. The maximum Gasteiger partial charge on any atom is 0.171 e. The predicted molar refractivity (Wildman–Crippen MR) is 452 cm³/mol. The van der Waals surface area contributed by atoms with Crippen molar-refractivity contribution in [3.63, 3.8) is 0 Å². The minimum absolute atomic E-state index is 0.694. The average molecular weight is 1420 g/mol. The maximum absolute atomic E-state index is 14.9. The van der Waals surface area contributed by atoms with Gasteiger partial charge in [0.05, 0.1) is 22.8 Å². The molecule has 0 bridgehead atoms. The van der Waals surface area contributed by atoms with Crippen molar-refractivity contribution in [1.29, 1.82) is 0 Å². The number of hydrogen-bond donors (Lipinski definition) is 0. The molecule has 2 heterocycles. The Balaban J connectivity index is 0.000000158. The van der Waals surface area contributed by atoms with E-state index in [2.05, 4.69) is 194 Å². The van der Waals surface area contributed by atoms with Crippen LogP contribution in [-0.2, 0) is 9.13 Å². The third kappa shape index (κ3) is 14.0. The van der Waals surface area contributed by atoms with Gasteiger partial charge in [-0.25, -0.2) is 19.9 Å². The highest BCUT2D eigenvalue weighted by atomic mass is 31.2. The lowest BCUT2D eigenvalue weighted by Crippen LogP contribution is -2.24. The highest BCUT2D eigenvalue weighted by Gasteiger charge is 2.31. The summed E-state index contributed by atoms with van der Waals surface area (Å²) in [5.74, 6) is 1.40. The molecule has 16 aromatic carbocycles. The van der Waals surface area contributed by atoms with Crippen LogP contribution in [0, 0.1) is 0 Å². The lowest BCUT2D eigenvalue weighted by Gasteiger charge is -2.20. The molecule has 0 spiro atoms. The normalized spacial score (nSPS) is 11.4. The van der Waals surface area contributed by atoms with Crippen LogP contribution in [0.3, 0.4) is 0 Å². The highest BCUT2D eigenvalue weighted by molar-refractivity contribution is 7.85. The summed E-state index contributed by atoms with van der Waals surface area (Å²) in [7, 11) is -6.06. The van der Waals surface area contributed by atoms with Gasteiger partial charge >= 0.3 is 0 Å². The van der Waals surface area contributed by atoms with Gasteiger partial charge in [-0.2, -0.15) is 0 Å². The Kier molecular flexibility index (Phi) is 19.1. The number of hydrogen-bond acceptors (Lipinski definition) is 6. The Hall–Kier alpha value is -13.3. The molecule has 0 aliphatic heterocycles. The molecule has 0 amide bonds. The third-order valence-electron chi connectivity index (χ3n) is 20.0. The summed E-state index contributed by atoms with van der Waals surface area (Å²) in [6, 6.07) is 144. The van der Waals surface area contributed by atoms with Gasteiger partial charge in [0.15, 0.2) is 25.9 Å². The fraction of sp³-hybridized carbons (Fsp3) is 0. The number of rotatable bonds is 16. The second kappa shape index (κ2) is 30.4. The second-order valence-corrected chi connectivity index (χ2v) is 32.3. The number of benzene rings is 16. The van der Waals surface area contributed by atoms with Crippen molar-refractivity contribution in [2.45, 2.75) is 0 Å². The van der Waals surface area contributed by atoms with E-state index in [9.17, 15) is 9.13 Å². The van der Waals surface area contributed by atoms with Crippen LogP contribution < -0.4 is 31.8 Å². The molecule has 512 valence electrons. The molecule has 0 fully saturated rings. The SMILES string of the molecule is O=P(c1ccccc1)(c1ccccc1)c1ccc(-c2ccc3cc(-c4ccc(-c5cc(-c6ccccc6)nc(-c6ccccc6)n5)cc4)ccc3c2)cc1.O=P(c1ccccc1)(c1ccccc1)c1ccc(-c2cccc3cc(-c4ccc(-c5nc(-c6ccccc6)cc(-c6ccccc6)n5)cc4)ccc23)cc1. The first-order valence-corrected chi connectivity index (χ1v) is 39.6. The van der Waals surface area contributed by atoms with Gasteiger partial charge in [-0.15, -0.1) is 0 Å². The molecule has 0 aliphatic rings. The van der Waals surface area contributed by atoms with Crippen LogP contribution in [0.15, 0.2) is 425 Å². The fourth-order valence-corrected chi connectivity index (χ4v) is 19.6. The quantitative estimate of drug-likeness (QED) is 0.0896. The van der Waals surface area contributed by atoms with Crippen molar-refractivity contribution in [3.8, 4) is 112 Å². The monoisotopic (exact) mass is 1420 g/mol. The zero-order chi connectivity index (χ0) is 72.6. The van der Waals surface area contributed by atoms with Gasteiger partial charge in [0, 0.05) is 65.2 Å². The van der Waals surface area contributed by atoms with Gasteiger partial charge in [-0.1, -0.05) is 394 Å². The van der Waals surface area contributed by atoms with Gasteiger partial charge in [-0.05, 0) is 96.4 Å². The molecule has 0 atom stereocenters. The lowest BCUT2D eigenvalue weighted by molar-refractivity contribution is 0.591. The molecule has 18 rings (SSSR count). The zero-order valence-electron chi connectivity index (χ0n) is 58.9. The molecule has 108 heavy (non-hydrogen) atoms. The molecule has 2 aromatic heterocycles. The summed E-state index contributed by atoms with van der Waals surface area (Å²) in [6.45, 7) is 0. The van der Waals surface area contributed by atoms with Crippen molar-refractivity contribution >= 4 is 67.7 Å². The van der Waals surface area contributed by atoms with E-state index in [0.717, 1.165) is 138 Å². The van der Waals surface area contributed by atoms with Gasteiger partial charge in [0.2, 0.25) is 0 Å². The van der Waals surface area contributed by atoms with E-state index in [0.29, 0.717) is 11.6 Å². The molecular weight excluding hydrogens is 1350 g/mol. The maximum atomic E-state index is 14.9. The fourth-order valence-electron chi connectivity index (χ4n) is 14.3. The van der Waals surface area contributed by atoms with Crippen LogP contribution in [0.4, 0.5) is 0 Å². The molecule has 0 saturated heterocycles. The Morgan fingerprint density at radius 1 is 0.167 bits per heavy atom. The van der Waals surface area contributed by atoms with E-state index in [4.69, 9.17) is 19.9 Å². The van der Waals surface area contributed by atoms with Gasteiger partial charge in [0.1, 0.15) is 0 Å². The first-order chi connectivity index (χ1) is 53.2. The molecule has 8 heteroatoms. The van der Waals surface area contributed by atoms with Gasteiger partial charge < -0.3 is 9.13 Å². The first-order valence-electron chi connectivity index (χ1n) is 36.2. The van der Waals surface area contributed by atoms with Crippen molar-refractivity contribution in [1.82, 2.24) is 19.9 Å². The summed E-state index contributed by atoms with van der Waals surface area (Å²) in [4.78, 5) is 19.9. The van der Waals surface area contributed by atoms with Crippen LogP contribution in [0.1, 0.15) is 0 Å². The minimum atomic E-state index is -3.04. The van der Waals surface area contributed by atoms with Crippen LogP contribution in [0.25, 0.3) is 134 Å². The van der Waals surface area contributed by atoms with Gasteiger partial charge in [0.25, 0.3) is 0 Å². The molecule has 0 radical (unpaired) electrons. The average Bonchev–Trinajstić information content (AvgIpc) is 0.764. The van der Waals surface area contributed by atoms with Crippen LogP contribution in [0.5, 0.6) is 0 Å². The van der Waals surface area contributed by atoms with E-state index < -0.39 is 14.3 Å². The molecule has 0 saturated carbocycles. The minimum Gasteiger partial charge on any atom is -0.309 e. The standard InChI is InChI=1S/2C50H35N2OP/c53-54(43-19-9-3-10-20-43,44-21-11-4-12-22-44)45-31-28-37(29-32-45)46-23-13-18-42-34-41(30-33-47(42)46)36-24-26-40(27-25-36)50-51-48(38-14-5-1-6-15-38)35-49(52-50)39-16-7-2-8-17-39;53-54(45-17-9-3-10-18-45,46-19-11-4-12-20-46)47-31-29-37(30-32-47)42-26-28-43-33-41(25-27-44(43)34-42)36-21-23-39(24-22-36)49-35-48(38-13-5-1-6-14-38)51-50(52-49)40-15-7-2-8-16-40/h2*1-35H. The Morgan fingerprint density at radius 2 is 0.417 bits per heavy atom. The van der Waals surface area contributed by atoms with E-state index in [-0.39, 0.29) is 0 Å². The van der Waals surface area contributed by atoms with E-state index in [1.54, 1.807) is 0 Å². The summed E-state index contributed by atoms with van der Waals surface area (Å²) in [5, 5.41) is 9.65. The van der Waals surface area contributed by atoms with Crippen LogP contribution >= 0.6 is 14.3 Å². The zero-order valence-corrected chi connectivity index (χ0v) is 60.7. The van der Waals surface area contributed by atoms with E-state index in [1.807, 2.05) is 231 Å². The highest BCUT2D eigenvalue weighted by Crippen LogP contribution is 2.45. The molecule has 0 unspecified atom stereocenters. The smallest absolute Gasteiger partial charge is 0.171 e.